The molecular formula is C19H21N3O3. The van der Waals surface area contributed by atoms with Crippen molar-refractivity contribution in [1.29, 1.82) is 0 Å². The Balaban J connectivity index is 1.96. The van der Waals surface area contributed by atoms with E-state index in [1.54, 1.807) is 4.68 Å². The standard InChI is InChI=1S/C19H21N3O3/c1-12-4-6-14(10-15(12)11-23)16(19(24)25-3)8-13-5-7-18-17(9-13)20-21-22(18)2/h4-7,9-10,16,23H,8,11H2,1-3H3. The van der Waals surface area contributed by atoms with E-state index in [1.165, 1.54) is 7.11 Å². The number of aliphatic hydroxyl groups excluding tert-OH is 1. The number of aryl methyl sites for hydroxylation is 2. The molecule has 0 bridgehead atoms. The summed E-state index contributed by atoms with van der Waals surface area (Å²) in [5, 5.41) is 17.6. The van der Waals surface area contributed by atoms with E-state index >= 15 is 0 Å². The number of carbonyl (C=O) groups excluding carboxylic acids is 1. The molecular weight excluding hydrogens is 318 g/mol. The lowest BCUT2D eigenvalue weighted by Gasteiger charge is -2.17. The fourth-order valence-corrected chi connectivity index (χ4v) is 3.01. The molecule has 6 heteroatoms. The van der Waals surface area contributed by atoms with Gasteiger partial charge in [0.15, 0.2) is 0 Å². The van der Waals surface area contributed by atoms with E-state index in [9.17, 15) is 9.90 Å². The summed E-state index contributed by atoms with van der Waals surface area (Å²) < 4.78 is 6.71. The maximum absolute atomic E-state index is 12.4. The van der Waals surface area contributed by atoms with Crippen LogP contribution in [0.5, 0.6) is 0 Å². The normalized spacial score (nSPS) is 12.3. The van der Waals surface area contributed by atoms with Gasteiger partial charge in [0.2, 0.25) is 0 Å². The Morgan fingerprint density at radius 3 is 2.80 bits per heavy atom. The zero-order valence-electron chi connectivity index (χ0n) is 14.6. The smallest absolute Gasteiger partial charge is 0.313 e. The van der Waals surface area contributed by atoms with Crippen molar-refractivity contribution in [3.63, 3.8) is 0 Å². The molecule has 0 spiro atoms. The fraction of sp³-hybridized carbons (Fsp3) is 0.316. The van der Waals surface area contributed by atoms with Crippen LogP contribution < -0.4 is 0 Å². The Morgan fingerprint density at radius 2 is 2.08 bits per heavy atom. The van der Waals surface area contributed by atoms with Gasteiger partial charge in [0.1, 0.15) is 5.52 Å². The van der Waals surface area contributed by atoms with Gasteiger partial charge in [-0.1, -0.05) is 29.5 Å². The Hall–Kier alpha value is -2.73. The lowest BCUT2D eigenvalue weighted by atomic mass is 9.90. The van der Waals surface area contributed by atoms with Gasteiger partial charge >= 0.3 is 5.97 Å². The molecule has 3 aromatic rings. The largest absolute Gasteiger partial charge is 0.469 e. The number of methoxy groups -OCH3 is 1. The van der Waals surface area contributed by atoms with Gasteiger partial charge < -0.3 is 9.84 Å². The minimum absolute atomic E-state index is 0.0564. The SMILES string of the molecule is COC(=O)C(Cc1ccc2c(c1)nnn2C)c1ccc(C)c(CO)c1. The molecule has 0 fully saturated rings. The molecule has 1 unspecified atom stereocenters. The molecule has 0 aliphatic carbocycles. The number of aliphatic hydroxyl groups is 1. The van der Waals surface area contributed by atoms with E-state index in [2.05, 4.69) is 10.3 Å². The van der Waals surface area contributed by atoms with Gasteiger partial charge in [-0.25, -0.2) is 4.68 Å². The van der Waals surface area contributed by atoms with E-state index in [0.29, 0.717) is 6.42 Å². The highest BCUT2D eigenvalue weighted by Crippen LogP contribution is 2.26. The molecule has 0 saturated carbocycles. The summed E-state index contributed by atoms with van der Waals surface area (Å²) in [7, 11) is 3.23. The van der Waals surface area contributed by atoms with Crippen LogP contribution in [-0.4, -0.2) is 33.2 Å². The third kappa shape index (κ3) is 3.39. The fourth-order valence-electron chi connectivity index (χ4n) is 3.01. The summed E-state index contributed by atoms with van der Waals surface area (Å²) >= 11 is 0. The highest BCUT2D eigenvalue weighted by atomic mass is 16.5. The molecule has 0 amide bonds. The highest BCUT2D eigenvalue weighted by molar-refractivity contribution is 5.79. The van der Waals surface area contributed by atoms with E-state index in [0.717, 1.165) is 33.3 Å². The average molecular weight is 339 g/mol. The summed E-state index contributed by atoms with van der Waals surface area (Å²) in [5.74, 6) is -0.739. The predicted molar refractivity (Wildman–Crippen MR) is 94.1 cm³/mol. The first-order valence-electron chi connectivity index (χ1n) is 8.10. The van der Waals surface area contributed by atoms with Crippen LogP contribution in [0.25, 0.3) is 11.0 Å². The molecule has 0 radical (unpaired) electrons. The number of nitrogens with zero attached hydrogens (tertiary/aromatic N) is 3. The molecule has 3 rings (SSSR count). The first-order valence-corrected chi connectivity index (χ1v) is 8.10. The average Bonchev–Trinajstić information content (AvgIpc) is 3.00. The van der Waals surface area contributed by atoms with Gasteiger partial charge in [0.05, 0.1) is 25.2 Å². The molecule has 25 heavy (non-hydrogen) atoms. The van der Waals surface area contributed by atoms with Crippen LogP contribution in [0.1, 0.15) is 28.2 Å². The van der Waals surface area contributed by atoms with Crippen LogP contribution in [0, 0.1) is 6.92 Å². The van der Waals surface area contributed by atoms with Crippen molar-refractivity contribution in [2.75, 3.05) is 7.11 Å². The second kappa shape index (κ2) is 7.03. The van der Waals surface area contributed by atoms with Crippen molar-refractivity contribution in [3.8, 4) is 0 Å². The van der Waals surface area contributed by atoms with Crippen LogP contribution >= 0.6 is 0 Å². The van der Waals surface area contributed by atoms with Crippen LogP contribution in [-0.2, 0) is 29.6 Å². The topological polar surface area (TPSA) is 77.2 Å². The molecule has 0 aliphatic heterocycles. The second-order valence-electron chi connectivity index (χ2n) is 6.16. The monoisotopic (exact) mass is 339 g/mol. The van der Waals surface area contributed by atoms with Crippen LogP contribution in [0.4, 0.5) is 0 Å². The van der Waals surface area contributed by atoms with E-state index in [4.69, 9.17) is 4.74 Å². The Kier molecular flexibility index (Phi) is 4.81. The molecule has 1 N–H and O–H groups in total. The van der Waals surface area contributed by atoms with Crippen molar-refractivity contribution in [1.82, 2.24) is 15.0 Å². The maximum atomic E-state index is 12.4. The second-order valence-corrected chi connectivity index (χ2v) is 6.16. The van der Waals surface area contributed by atoms with Crippen LogP contribution in [0.3, 0.4) is 0 Å². The lowest BCUT2D eigenvalue weighted by molar-refractivity contribution is -0.142. The summed E-state index contributed by atoms with van der Waals surface area (Å²) in [6.45, 7) is 1.88. The number of hydrogen-bond donors (Lipinski definition) is 1. The van der Waals surface area contributed by atoms with E-state index in [-0.39, 0.29) is 12.6 Å². The molecule has 1 aromatic heterocycles. The van der Waals surface area contributed by atoms with Crippen molar-refractivity contribution >= 4 is 17.0 Å². The van der Waals surface area contributed by atoms with Gasteiger partial charge in [0, 0.05) is 7.05 Å². The van der Waals surface area contributed by atoms with Gasteiger partial charge in [-0.15, -0.1) is 5.10 Å². The number of rotatable bonds is 5. The molecule has 130 valence electrons. The van der Waals surface area contributed by atoms with Gasteiger partial charge in [-0.3, -0.25) is 4.79 Å². The Bertz CT molecular complexity index is 917. The first kappa shape index (κ1) is 17.1. The van der Waals surface area contributed by atoms with Gasteiger partial charge in [0.25, 0.3) is 0 Å². The highest BCUT2D eigenvalue weighted by Gasteiger charge is 2.23. The number of fused-ring (bicyclic) bond motifs is 1. The third-order valence-electron chi connectivity index (χ3n) is 4.55. The Morgan fingerprint density at radius 1 is 1.28 bits per heavy atom. The molecule has 1 heterocycles. The minimum Gasteiger partial charge on any atom is -0.469 e. The van der Waals surface area contributed by atoms with Crippen LogP contribution in [0.2, 0.25) is 0 Å². The molecule has 6 nitrogen and oxygen atoms in total. The zero-order valence-corrected chi connectivity index (χ0v) is 14.6. The summed E-state index contributed by atoms with van der Waals surface area (Å²) in [4.78, 5) is 12.4. The zero-order chi connectivity index (χ0) is 18.0. The number of carbonyl (C=O) groups is 1. The lowest BCUT2D eigenvalue weighted by Crippen LogP contribution is -2.17. The van der Waals surface area contributed by atoms with Gasteiger partial charge in [-0.2, -0.15) is 0 Å². The minimum atomic E-state index is -0.440. The number of benzene rings is 2. The number of esters is 1. The maximum Gasteiger partial charge on any atom is 0.313 e. The predicted octanol–water partition coefficient (Wildman–Crippen LogP) is 2.27. The Labute approximate surface area is 146 Å². The van der Waals surface area contributed by atoms with Crippen molar-refractivity contribution in [3.05, 3.63) is 58.7 Å². The van der Waals surface area contributed by atoms with Crippen molar-refractivity contribution in [2.24, 2.45) is 7.05 Å². The third-order valence-corrected chi connectivity index (χ3v) is 4.55. The van der Waals surface area contributed by atoms with Crippen LogP contribution in [0.15, 0.2) is 36.4 Å². The summed E-state index contributed by atoms with van der Waals surface area (Å²) in [5.41, 5.74) is 5.36. The molecule has 1 atom stereocenters. The quantitative estimate of drug-likeness (QED) is 0.722. The van der Waals surface area contributed by atoms with Crippen molar-refractivity contribution in [2.45, 2.75) is 25.9 Å². The summed E-state index contributed by atoms with van der Waals surface area (Å²) in [6.07, 6.45) is 0.493. The first-order chi connectivity index (χ1) is 12.0. The number of aromatic nitrogens is 3. The number of hydrogen-bond acceptors (Lipinski definition) is 5. The summed E-state index contributed by atoms with van der Waals surface area (Å²) in [6, 6.07) is 11.6. The van der Waals surface area contributed by atoms with E-state index in [1.807, 2.05) is 50.4 Å². The van der Waals surface area contributed by atoms with Crippen molar-refractivity contribution < 1.29 is 14.6 Å². The number of ether oxygens (including phenoxy) is 1. The molecule has 0 saturated heterocycles. The molecule has 0 aliphatic rings. The molecule has 2 aromatic carbocycles. The van der Waals surface area contributed by atoms with Gasteiger partial charge in [-0.05, 0) is 47.7 Å². The van der Waals surface area contributed by atoms with E-state index < -0.39 is 5.92 Å².